The minimum atomic E-state index is -0.450. The van der Waals surface area contributed by atoms with E-state index in [-0.39, 0.29) is 18.0 Å². The minimum Gasteiger partial charge on any atom is -0.467 e. The van der Waals surface area contributed by atoms with Crippen LogP contribution in [0, 0.1) is 19.7 Å². The highest BCUT2D eigenvalue weighted by Crippen LogP contribution is 2.32. The monoisotopic (exact) mass is 380 g/mol. The SMILES string of the molecule is Cc1cc2nc(N(Cc3ccco3)C(=O)c3cccc(F)c3)sc2cc1C. The average Bonchev–Trinajstić information content (AvgIpc) is 3.29. The Labute approximate surface area is 159 Å². The third-order valence-electron chi connectivity index (χ3n) is 4.43. The van der Waals surface area contributed by atoms with Crippen molar-refractivity contribution in [1.29, 1.82) is 0 Å². The molecule has 0 radical (unpaired) electrons. The zero-order valence-electron chi connectivity index (χ0n) is 14.9. The molecule has 0 bridgehead atoms. The maximum absolute atomic E-state index is 13.6. The van der Waals surface area contributed by atoms with E-state index in [1.54, 1.807) is 24.5 Å². The number of hydrogen-bond acceptors (Lipinski definition) is 4. The summed E-state index contributed by atoms with van der Waals surface area (Å²) in [6, 6.07) is 13.3. The van der Waals surface area contributed by atoms with Crippen molar-refractivity contribution in [3.8, 4) is 0 Å². The van der Waals surface area contributed by atoms with Crippen LogP contribution in [0.2, 0.25) is 0 Å². The largest absolute Gasteiger partial charge is 0.467 e. The first-order chi connectivity index (χ1) is 13.0. The predicted molar refractivity (Wildman–Crippen MR) is 105 cm³/mol. The van der Waals surface area contributed by atoms with Gasteiger partial charge in [0.2, 0.25) is 0 Å². The number of furan rings is 1. The van der Waals surface area contributed by atoms with Gasteiger partial charge in [-0.05, 0) is 67.4 Å². The number of benzene rings is 2. The Balaban J connectivity index is 1.79. The van der Waals surface area contributed by atoms with Gasteiger partial charge in [-0.1, -0.05) is 17.4 Å². The highest BCUT2D eigenvalue weighted by Gasteiger charge is 2.23. The van der Waals surface area contributed by atoms with E-state index in [1.165, 1.54) is 40.0 Å². The lowest BCUT2D eigenvalue weighted by Gasteiger charge is -2.18. The Morgan fingerprint density at radius 3 is 2.70 bits per heavy atom. The first-order valence-electron chi connectivity index (χ1n) is 8.49. The van der Waals surface area contributed by atoms with E-state index in [4.69, 9.17) is 4.42 Å². The molecule has 6 heteroatoms. The fourth-order valence-electron chi connectivity index (χ4n) is 2.85. The second kappa shape index (κ2) is 6.96. The van der Waals surface area contributed by atoms with E-state index >= 15 is 0 Å². The Morgan fingerprint density at radius 1 is 1.15 bits per heavy atom. The van der Waals surface area contributed by atoms with Gasteiger partial charge in [-0.3, -0.25) is 9.69 Å². The highest BCUT2D eigenvalue weighted by molar-refractivity contribution is 7.22. The molecule has 4 rings (SSSR count). The summed E-state index contributed by atoms with van der Waals surface area (Å²) in [6.45, 7) is 4.30. The van der Waals surface area contributed by atoms with Gasteiger partial charge >= 0.3 is 0 Å². The number of fused-ring (bicyclic) bond motifs is 1. The summed E-state index contributed by atoms with van der Waals surface area (Å²) in [6.07, 6.45) is 1.56. The molecular formula is C21H17FN2O2S. The number of aromatic nitrogens is 1. The number of halogens is 1. The molecule has 2 aromatic carbocycles. The quantitative estimate of drug-likeness (QED) is 0.470. The second-order valence-corrected chi connectivity index (χ2v) is 7.39. The third kappa shape index (κ3) is 3.48. The van der Waals surface area contributed by atoms with Crippen LogP contribution >= 0.6 is 11.3 Å². The van der Waals surface area contributed by atoms with Crippen molar-refractivity contribution in [3.05, 3.63) is 83.1 Å². The van der Waals surface area contributed by atoms with Gasteiger partial charge in [0.25, 0.3) is 5.91 Å². The molecule has 0 aliphatic rings. The zero-order valence-corrected chi connectivity index (χ0v) is 15.7. The fraction of sp³-hybridized carbons (Fsp3) is 0.143. The van der Waals surface area contributed by atoms with Crippen LogP contribution in [0.3, 0.4) is 0 Å². The van der Waals surface area contributed by atoms with Crippen LogP contribution in [0.15, 0.2) is 59.2 Å². The van der Waals surface area contributed by atoms with Crippen molar-refractivity contribution >= 4 is 32.6 Å². The number of carbonyl (C=O) groups is 1. The summed E-state index contributed by atoms with van der Waals surface area (Å²) >= 11 is 1.44. The molecule has 0 atom stereocenters. The minimum absolute atomic E-state index is 0.222. The number of aryl methyl sites for hydroxylation is 2. The van der Waals surface area contributed by atoms with Crippen LogP contribution in [0.5, 0.6) is 0 Å². The Bertz CT molecular complexity index is 1080. The Morgan fingerprint density at radius 2 is 1.96 bits per heavy atom. The van der Waals surface area contributed by atoms with E-state index in [2.05, 4.69) is 11.1 Å². The standard InChI is InChI=1S/C21H17FN2O2S/c1-13-9-18-19(10-14(13)2)27-21(23-18)24(12-17-7-4-8-26-17)20(25)15-5-3-6-16(22)11-15/h3-11H,12H2,1-2H3. The number of rotatable bonds is 4. The summed E-state index contributed by atoms with van der Waals surface area (Å²) in [4.78, 5) is 19.3. The maximum Gasteiger partial charge on any atom is 0.260 e. The van der Waals surface area contributed by atoms with E-state index in [9.17, 15) is 9.18 Å². The molecule has 27 heavy (non-hydrogen) atoms. The van der Waals surface area contributed by atoms with Crippen molar-refractivity contribution in [2.24, 2.45) is 0 Å². The van der Waals surface area contributed by atoms with Gasteiger partial charge in [0, 0.05) is 5.56 Å². The van der Waals surface area contributed by atoms with Gasteiger partial charge in [0.05, 0.1) is 23.0 Å². The van der Waals surface area contributed by atoms with Gasteiger partial charge in [0.15, 0.2) is 5.13 Å². The number of amides is 1. The molecule has 0 spiro atoms. The first-order valence-corrected chi connectivity index (χ1v) is 9.30. The molecule has 0 saturated carbocycles. The average molecular weight is 380 g/mol. The molecule has 0 saturated heterocycles. The van der Waals surface area contributed by atoms with Crippen molar-refractivity contribution in [3.63, 3.8) is 0 Å². The zero-order chi connectivity index (χ0) is 19.0. The molecule has 2 heterocycles. The van der Waals surface area contributed by atoms with Crippen LogP contribution in [-0.4, -0.2) is 10.9 Å². The summed E-state index contributed by atoms with van der Waals surface area (Å²) in [5, 5.41) is 0.556. The molecule has 0 aliphatic heterocycles. The van der Waals surface area contributed by atoms with Gasteiger partial charge in [-0.25, -0.2) is 9.37 Å². The van der Waals surface area contributed by atoms with Gasteiger partial charge < -0.3 is 4.42 Å². The molecule has 0 fully saturated rings. The van der Waals surface area contributed by atoms with Crippen LogP contribution < -0.4 is 4.90 Å². The lowest BCUT2D eigenvalue weighted by atomic mass is 10.1. The molecular weight excluding hydrogens is 363 g/mol. The molecule has 4 nitrogen and oxygen atoms in total. The molecule has 0 aliphatic carbocycles. The topological polar surface area (TPSA) is 46.3 Å². The summed E-state index contributed by atoms with van der Waals surface area (Å²) in [5.74, 6) is -0.140. The Hall–Kier alpha value is -2.99. The molecule has 1 amide bonds. The van der Waals surface area contributed by atoms with Crippen LogP contribution in [0.1, 0.15) is 27.2 Å². The smallest absolute Gasteiger partial charge is 0.260 e. The van der Waals surface area contributed by atoms with E-state index in [0.717, 1.165) is 15.8 Å². The van der Waals surface area contributed by atoms with Gasteiger partial charge in [-0.15, -0.1) is 0 Å². The number of thiazole rings is 1. The van der Waals surface area contributed by atoms with E-state index in [0.29, 0.717) is 10.9 Å². The second-order valence-electron chi connectivity index (χ2n) is 6.38. The lowest BCUT2D eigenvalue weighted by Crippen LogP contribution is -2.30. The molecule has 4 aromatic rings. The third-order valence-corrected chi connectivity index (χ3v) is 5.48. The van der Waals surface area contributed by atoms with Crippen LogP contribution in [0.4, 0.5) is 9.52 Å². The molecule has 2 aromatic heterocycles. The summed E-state index contributed by atoms with van der Waals surface area (Å²) < 4.78 is 20.0. The molecule has 136 valence electrons. The van der Waals surface area contributed by atoms with Gasteiger partial charge in [0.1, 0.15) is 11.6 Å². The highest BCUT2D eigenvalue weighted by atomic mass is 32.1. The molecule has 0 unspecified atom stereocenters. The van der Waals surface area contributed by atoms with Crippen LogP contribution in [0.25, 0.3) is 10.2 Å². The van der Waals surface area contributed by atoms with Crippen molar-refractivity contribution in [1.82, 2.24) is 4.98 Å². The number of nitrogens with zero attached hydrogens (tertiary/aromatic N) is 2. The Kier molecular flexibility index (Phi) is 4.49. The van der Waals surface area contributed by atoms with Crippen LogP contribution in [-0.2, 0) is 6.54 Å². The lowest BCUT2D eigenvalue weighted by molar-refractivity contribution is 0.0983. The maximum atomic E-state index is 13.6. The van der Waals surface area contributed by atoms with Crippen molar-refractivity contribution < 1.29 is 13.6 Å². The summed E-state index contributed by atoms with van der Waals surface area (Å²) in [7, 11) is 0. The fourth-order valence-corrected chi connectivity index (χ4v) is 3.89. The number of anilines is 1. The van der Waals surface area contributed by atoms with E-state index in [1.807, 2.05) is 19.9 Å². The predicted octanol–water partition coefficient (Wildman–Crippen LogP) is 5.49. The van der Waals surface area contributed by atoms with Crippen molar-refractivity contribution in [2.75, 3.05) is 4.90 Å². The summed E-state index contributed by atoms with van der Waals surface area (Å²) in [5.41, 5.74) is 3.43. The van der Waals surface area contributed by atoms with Gasteiger partial charge in [-0.2, -0.15) is 0 Å². The van der Waals surface area contributed by atoms with E-state index < -0.39 is 5.82 Å². The number of hydrogen-bond donors (Lipinski definition) is 0. The van der Waals surface area contributed by atoms with Crippen molar-refractivity contribution in [2.45, 2.75) is 20.4 Å². The molecule has 0 N–H and O–H groups in total. The number of carbonyl (C=O) groups excluding carboxylic acids is 1. The first kappa shape index (κ1) is 17.4. The normalized spacial score (nSPS) is 11.1.